The van der Waals surface area contributed by atoms with Gasteiger partial charge in [-0.05, 0) is 19.1 Å². The average Bonchev–Trinajstić information content (AvgIpc) is 2.63. The van der Waals surface area contributed by atoms with Crippen LogP contribution in [0.3, 0.4) is 0 Å². The molecule has 80 valence electrons. The van der Waals surface area contributed by atoms with Gasteiger partial charge in [-0.3, -0.25) is 0 Å². The molecule has 2 N–H and O–H groups in total. The normalized spacial score (nSPS) is 15.4. The lowest BCUT2D eigenvalue weighted by atomic mass is 9.97. The van der Waals surface area contributed by atoms with Crippen molar-refractivity contribution >= 4 is 23.1 Å². The minimum absolute atomic E-state index is 0.258. The molecule has 1 heterocycles. The number of rotatable bonds is 5. The number of thiazole rings is 1. The van der Waals surface area contributed by atoms with Crippen LogP contribution in [-0.4, -0.2) is 10.7 Å². The third kappa shape index (κ3) is 2.97. The Morgan fingerprint density at radius 2 is 2.29 bits per heavy atom. The zero-order valence-corrected chi connectivity index (χ0v) is 10.7. The molecule has 0 fully saturated rings. The molecule has 0 aliphatic carbocycles. The molecule has 1 unspecified atom stereocenters. The summed E-state index contributed by atoms with van der Waals surface area (Å²) >= 11 is 3.62. The van der Waals surface area contributed by atoms with Crippen LogP contribution >= 0.6 is 23.1 Å². The summed E-state index contributed by atoms with van der Waals surface area (Å²) in [7, 11) is 0. The van der Waals surface area contributed by atoms with Crippen LogP contribution in [0.2, 0.25) is 0 Å². The summed E-state index contributed by atoms with van der Waals surface area (Å²) < 4.78 is 0. The van der Waals surface area contributed by atoms with Crippen molar-refractivity contribution in [3.63, 3.8) is 0 Å². The van der Waals surface area contributed by atoms with Crippen LogP contribution < -0.4 is 5.73 Å². The van der Waals surface area contributed by atoms with Gasteiger partial charge in [0.05, 0.1) is 11.2 Å². The SMILES string of the molecule is CCSCc1nc(C(C)(N)CC)cs1. The quantitative estimate of drug-likeness (QED) is 0.845. The number of hydrogen-bond donors (Lipinski definition) is 1. The predicted molar refractivity (Wildman–Crippen MR) is 65.8 cm³/mol. The van der Waals surface area contributed by atoms with E-state index in [9.17, 15) is 0 Å². The molecule has 0 saturated heterocycles. The molecular formula is C10H18N2S2. The zero-order chi connectivity index (χ0) is 10.6. The molecule has 14 heavy (non-hydrogen) atoms. The Bertz CT molecular complexity index is 281. The summed E-state index contributed by atoms with van der Waals surface area (Å²) in [4.78, 5) is 4.56. The van der Waals surface area contributed by atoms with Gasteiger partial charge < -0.3 is 5.73 Å². The van der Waals surface area contributed by atoms with E-state index < -0.39 is 0 Å². The molecule has 0 amide bonds. The van der Waals surface area contributed by atoms with Crippen LogP contribution in [0.1, 0.15) is 37.9 Å². The van der Waals surface area contributed by atoms with Gasteiger partial charge in [-0.25, -0.2) is 4.98 Å². The molecule has 0 aliphatic heterocycles. The van der Waals surface area contributed by atoms with Gasteiger partial charge in [0.15, 0.2) is 0 Å². The number of nitrogens with two attached hydrogens (primary N) is 1. The molecule has 0 aromatic carbocycles. The topological polar surface area (TPSA) is 38.9 Å². The Morgan fingerprint density at radius 1 is 1.57 bits per heavy atom. The second-order valence-corrected chi connectivity index (χ2v) is 5.75. The van der Waals surface area contributed by atoms with Crippen LogP contribution in [0.15, 0.2) is 5.38 Å². The van der Waals surface area contributed by atoms with Gasteiger partial charge in [0, 0.05) is 11.1 Å². The van der Waals surface area contributed by atoms with Crippen LogP contribution in [0.4, 0.5) is 0 Å². The Kier molecular flexibility index (Phi) is 4.41. The Hall–Kier alpha value is -0.0600. The molecule has 1 aromatic rings. The van der Waals surface area contributed by atoms with E-state index >= 15 is 0 Å². The first-order chi connectivity index (χ1) is 6.60. The number of thioether (sulfide) groups is 1. The highest BCUT2D eigenvalue weighted by molar-refractivity contribution is 7.98. The van der Waals surface area contributed by atoms with Crippen molar-refractivity contribution in [2.75, 3.05) is 5.75 Å². The van der Waals surface area contributed by atoms with Gasteiger partial charge in [-0.15, -0.1) is 11.3 Å². The Balaban J connectivity index is 2.67. The summed E-state index contributed by atoms with van der Waals surface area (Å²) in [6, 6.07) is 0. The summed E-state index contributed by atoms with van der Waals surface area (Å²) in [5, 5.41) is 3.28. The van der Waals surface area contributed by atoms with Crippen molar-refractivity contribution in [3.8, 4) is 0 Å². The predicted octanol–water partition coefficient (Wildman–Crippen LogP) is 2.98. The Labute approximate surface area is 94.3 Å². The molecule has 0 saturated carbocycles. The van der Waals surface area contributed by atoms with Crippen molar-refractivity contribution in [1.82, 2.24) is 4.98 Å². The molecule has 1 aromatic heterocycles. The highest BCUT2D eigenvalue weighted by atomic mass is 32.2. The maximum Gasteiger partial charge on any atom is 0.103 e. The highest BCUT2D eigenvalue weighted by Gasteiger charge is 2.21. The van der Waals surface area contributed by atoms with E-state index in [4.69, 9.17) is 5.73 Å². The number of nitrogens with zero attached hydrogens (tertiary/aromatic N) is 1. The van der Waals surface area contributed by atoms with E-state index in [1.807, 2.05) is 18.7 Å². The van der Waals surface area contributed by atoms with Gasteiger partial charge in [0.1, 0.15) is 5.01 Å². The summed E-state index contributed by atoms with van der Waals surface area (Å²) in [6.45, 7) is 6.30. The van der Waals surface area contributed by atoms with Crippen molar-refractivity contribution in [2.45, 2.75) is 38.5 Å². The first-order valence-corrected chi connectivity index (χ1v) is 6.95. The van der Waals surface area contributed by atoms with E-state index in [-0.39, 0.29) is 5.54 Å². The summed E-state index contributed by atoms with van der Waals surface area (Å²) in [5.74, 6) is 2.16. The first-order valence-electron chi connectivity index (χ1n) is 4.91. The molecule has 4 heteroatoms. The average molecular weight is 230 g/mol. The minimum atomic E-state index is -0.258. The lowest BCUT2D eigenvalue weighted by molar-refractivity contribution is 0.463. The van der Waals surface area contributed by atoms with Gasteiger partial charge in [-0.1, -0.05) is 13.8 Å². The van der Waals surface area contributed by atoms with Gasteiger partial charge >= 0.3 is 0 Å². The fourth-order valence-electron chi connectivity index (χ4n) is 1.01. The number of hydrogen-bond acceptors (Lipinski definition) is 4. The third-order valence-corrected chi connectivity index (χ3v) is 4.22. The molecule has 0 bridgehead atoms. The standard InChI is InChI=1S/C10H18N2S2/c1-4-10(3,11)8-6-14-9(12-8)7-13-5-2/h6H,4-5,7,11H2,1-3H3. The lowest BCUT2D eigenvalue weighted by Gasteiger charge is -2.19. The lowest BCUT2D eigenvalue weighted by Crippen LogP contribution is -2.32. The van der Waals surface area contributed by atoms with Crippen LogP contribution in [0, 0.1) is 0 Å². The van der Waals surface area contributed by atoms with Crippen LogP contribution in [-0.2, 0) is 11.3 Å². The van der Waals surface area contributed by atoms with E-state index in [1.165, 1.54) is 5.01 Å². The second-order valence-electron chi connectivity index (χ2n) is 3.53. The van der Waals surface area contributed by atoms with E-state index in [0.29, 0.717) is 0 Å². The molecular weight excluding hydrogens is 212 g/mol. The highest BCUT2D eigenvalue weighted by Crippen LogP contribution is 2.25. The van der Waals surface area contributed by atoms with E-state index in [0.717, 1.165) is 23.6 Å². The van der Waals surface area contributed by atoms with Gasteiger partial charge in [0.25, 0.3) is 0 Å². The maximum atomic E-state index is 6.12. The van der Waals surface area contributed by atoms with Gasteiger partial charge in [-0.2, -0.15) is 11.8 Å². The van der Waals surface area contributed by atoms with Crippen LogP contribution in [0.25, 0.3) is 0 Å². The smallest absolute Gasteiger partial charge is 0.103 e. The first kappa shape index (κ1) is 12.0. The van der Waals surface area contributed by atoms with Gasteiger partial charge in [0.2, 0.25) is 0 Å². The zero-order valence-electron chi connectivity index (χ0n) is 9.04. The molecule has 1 rings (SSSR count). The molecule has 0 aliphatic rings. The summed E-state index contributed by atoms with van der Waals surface area (Å²) in [5.41, 5.74) is 6.90. The summed E-state index contributed by atoms with van der Waals surface area (Å²) in [6.07, 6.45) is 0.928. The molecule has 2 nitrogen and oxygen atoms in total. The van der Waals surface area contributed by atoms with Crippen molar-refractivity contribution in [1.29, 1.82) is 0 Å². The largest absolute Gasteiger partial charge is 0.320 e. The number of aromatic nitrogens is 1. The van der Waals surface area contributed by atoms with E-state index in [1.54, 1.807) is 11.3 Å². The van der Waals surface area contributed by atoms with E-state index in [2.05, 4.69) is 24.2 Å². The fraction of sp³-hybridized carbons (Fsp3) is 0.700. The third-order valence-electron chi connectivity index (χ3n) is 2.30. The van der Waals surface area contributed by atoms with Crippen molar-refractivity contribution in [3.05, 3.63) is 16.1 Å². The molecule has 0 radical (unpaired) electrons. The maximum absolute atomic E-state index is 6.12. The minimum Gasteiger partial charge on any atom is -0.320 e. The van der Waals surface area contributed by atoms with Crippen molar-refractivity contribution < 1.29 is 0 Å². The monoisotopic (exact) mass is 230 g/mol. The van der Waals surface area contributed by atoms with Crippen LogP contribution in [0.5, 0.6) is 0 Å². The fourth-order valence-corrected chi connectivity index (χ4v) is 2.70. The Morgan fingerprint density at radius 3 is 2.86 bits per heavy atom. The molecule has 1 atom stereocenters. The molecule has 0 spiro atoms. The van der Waals surface area contributed by atoms with Crippen molar-refractivity contribution in [2.24, 2.45) is 5.73 Å². The second kappa shape index (κ2) is 5.14.